The van der Waals surface area contributed by atoms with E-state index in [4.69, 9.17) is 9.47 Å². The Morgan fingerprint density at radius 1 is 1.38 bits per heavy atom. The van der Waals surface area contributed by atoms with Crippen molar-refractivity contribution in [2.24, 2.45) is 22.7 Å². The normalized spacial score (nSPS) is 39.6. The predicted molar refractivity (Wildman–Crippen MR) is 100 cm³/mol. The molecule has 3 rings (SSSR count). The number of allylic oxidation sites excluding steroid dienone is 1. The van der Waals surface area contributed by atoms with Crippen LogP contribution >= 0.6 is 0 Å². The van der Waals surface area contributed by atoms with Crippen LogP contribution in [-0.2, 0) is 19.1 Å². The molecule has 1 heterocycles. The molecule has 0 spiro atoms. The largest absolute Gasteiger partial charge is 0.462 e. The van der Waals surface area contributed by atoms with Crippen molar-refractivity contribution in [1.82, 2.24) is 0 Å². The molecule has 0 amide bonds. The fraction of sp³-hybridized carbons (Fsp3) is 0.727. The van der Waals surface area contributed by atoms with E-state index in [1.165, 1.54) is 12.5 Å². The van der Waals surface area contributed by atoms with Gasteiger partial charge < -0.3 is 9.47 Å². The number of carbonyl (C=O) groups is 2. The number of esters is 2. The molecule has 0 saturated heterocycles. The summed E-state index contributed by atoms with van der Waals surface area (Å²) in [6, 6.07) is 0. The number of fused-ring (bicyclic) bond motifs is 1. The first-order chi connectivity index (χ1) is 12.2. The van der Waals surface area contributed by atoms with Crippen LogP contribution < -0.4 is 0 Å². The Morgan fingerprint density at radius 2 is 2.12 bits per heavy atom. The van der Waals surface area contributed by atoms with Crippen molar-refractivity contribution in [3.05, 3.63) is 23.3 Å². The molecule has 0 aromatic heterocycles. The van der Waals surface area contributed by atoms with Crippen LogP contribution in [0.25, 0.3) is 0 Å². The molecule has 1 fully saturated rings. The van der Waals surface area contributed by atoms with Gasteiger partial charge >= 0.3 is 11.9 Å². The zero-order chi connectivity index (χ0) is 19.1. The van der Waals surface area contributed by atoms with Crippen molar-refractivity contribution in [1.29, 1.82) is 0 Å². The van der Waals surface area contributed by atoms with Crippen LogP contribution in [0.2, 0.25) is 0 Å². The quantitative estimate of drug-likeness (QED) is 0.543. The molecule has 4 nitrogen and oxygen atoms in total. The summed E-state index contributed by atoms with van der Waals surface area (Å²) in [5.41, 5.74) is 2.50. The first kappa shape index (κ1) is 19.2. The maximum Gasteiger partial charge on any atom is 0.331 e. The molecule has 26 heavy (non-hydrogen) atoms. The van der Waals surface area contributed by atoms with E-state index in [9.17, 15) is 9.59 Å². The third kappa shape index (κ3) is 3.12. The first-order valence-corrected chi connectivity index (χ1v) is 9.88. The second-order valence-electron chi connectivity index (χ2n) is 8.95. The summed E-state index contributed by atoms with van der Waals surface area (Å²) in [4.78, 5) is 23.1. The van der Waals surface area contributed by atoms with Gasteiger partial charge in [0.1, 0.15) is 12.7 Å². The molecule has 0 unspecified atom stereocenters. The van der Waals surface area contributed by atoms with Crippen molar-refractivity contribution in [3.63, 3.8) is 0 Å². The van der Waals surface area contributed by atoms with E-state index in [1.807, 2.05) is 0 Å². The highest BCUT2D eigenvalue weighted by atomic mass is 16.5. The Hall–Kier alpha value is -1.58. The molecule has 0 N–H and O–H groups in total. The molecule has 144 valence electrons. The molecule has 1 aliphatic heterocycles. The lowest BCUT2D eigenvalue weighted by molar-refractivity contribution is -0.174. The van der Waals surface area contributed by atoms with Gasteiger partial charge in [-0.05, 0) is 61.9 Å². The van der Waals surface area contributed by atoms with Gasteiger partial charge in [0.15, 0.2) is 0 Å². The van der Waals surface area contributed by atoms with Gasteiger partial charge in [-0.3, -0.25) is 4.79 Å². The predicted octanol–water partition coefficient (Wildman–Crippen LogP) is 4.59. The van der Waals surface area contributed by atoms with Crippen LogP contribution in [0.1, 0.15) is 66.7 Å². The zero-order valence-electron chi connectivity index (χ0n) is 16.8. The summed E-state index contributed by atoms with van der Waals surface area (Å²) in [6.07, 6.45) is 8.98. The van der Waals surface area contributed by atoms with Gasteiger partial charge in [-0.15, -0.1) is 0 Å². The Bertz CT molecular complexity index is 661. The van der Waals surface area contributed by atoms with Crippen LogP contribution in [0.3, 0.4) is 0 Å². The van der Waals surface area contributed by atoms with Gasteiger partial charge in [-0.2, -0.15) is 0 Å². The average molecular weight is 360 g/mol. The highest BCUT2D eigenvalue weighted by Crippen LogP contribution is 2.62. The lowest BCUT2D eigenvalue weighted by atomic mass is 9.46. The third-order valence-electron chi connectivity index (χ3n) is 7.65. The molecule has 3 aliphatic rings. The minimum atomic E-state index is -0.210. The molecule has 1 saturated carbocycles. The van der Waals surface area contributed by atoms with E-state index in [1.54, 1.807) is 6.08 Å². The molecular formula is C22H32O4. The third-order valence-corrected chi connectivity index (χ3v) is 7.65. The summed E-state index contributed by atoms with van der Waals surface area (Å²) < 4.78 is 10.9. The molecule has 0 aromatic rings. The summed E-state index contributed by atoms with van der Waals surface area (Å²) in [5, 5.41) is 0. The fourth-order valence-electron chi connectivity index (χ4n) is 5.71. The fourth-order valence-corrected chi connectivity index (χ4v) is 5.71. The Labute approximate surface area is 157 Å². The molecule has 5 atom stereocenters. The number of rotatable bonds is 4. The van der Waals surface area contributed by atoms with Gasteiger partial charge in [0.05, 0.1) is 0 Å². The summed E-state index contributed by atoms with van der Waals surface area (Å²) in [7, 11) is 0. The first-order valence-electron chi connectivity index (χ1n) is 9.88. The number of ether oxygens (including phenoxy) is 2. The van der Waals surface area contributed by atoms with Crippen LogP contribution in [0.4, 0.5) is 0 Å². The average Bonchev–Trinajstić information content (AvgIpc) is 2.98. The minimum Gasteiger partial charge on any atom is -0.462 e. The SMILES string of the molecule is CC(=O)O[C@@H]1C[C@@H](C)[C@@](C)(CCC2=CC(=O)OC2)[C@H]2CCC=C(C)[C@@]21C. The summed E-state index contributed by atoms with van der Waals surface area (Å²) in [6.45, 7) is 11.2. The van der Waals surface area contributed by atoms with Crippen LogP contribution in [-0.4, -0.2) is 24.6 Å². The van der Waals surface area contributed by atoms with Crippen LogP contribution in [0, 0.1) is 22.7 Å². The van der Waals surface area contributed by atoms with Gasteiger partial charge in [0.25, 0.3) is 0 Å². The molecule has 4 heteroatoms. The minimum absolute atomic E-state index is 0.0553. The monoisotopic (exact) mass is 360 g/mol. The number of hydrogen-bond donors (Lipinski definition) is 0. The van der Waals surface area contributed by atoms with E-state index >= 15 is 0 Å². The van der Waals surface area contributed by atoms with Crippen molar-refractivity contribution >= 4 is 11.9 Å². The maximum absolute atomic E-state index is 11.7. The van der Waals surface area contributed by atoms with E-state index in [0.29, 0.717) is 18.4 Å². The Morgan fingerprint density at radius 3 is 2.73 bits per heavy atom. The van der Waals surface area contributed by atoms with Crippen LogP contribution in [0.15, 0.2) is 23.3 Å². The summed E-state index contributed by atoms with van der Waals surface area (Å²) >= 11 is 0. The van der Waals surface area contributed by atoms with Crippen molar-refractivity contribution < 1.29 is 19.1 Å². The van der Waals surface area contributed by atoms with Crippen molar-refractivity contribution in [2.45, 2.75) is 72.8 Å². The number of cyclic esters (lactones) is 1. The maximum atomic E-state index is 11.7. The van der Waals surface area contributed by atoms with Crippen LogP contribution in [0.5, 0.6) is 0 Å². The molecular weight excluding hydrogens is 328 g/mol. The van der Waals surface area contributed by atoms with E-state index in [-0.39, 0.29) is 28.9 Å². The standard InChI is InChI=1S/C22H32O4/c1-14-7-6-8-18-21(4,10-9-17-12-20(24)25-13-17)15(2)11-19(22(14,18)5)26-16(3)23/h7,12,15,18-19H,6,8-11,13H2,1-5H3/t15-,18-,19-,21-,22+/m1/s1. The van der Waals surface area contributed by atoms with Gasteiger partial charge in [0.2, 0.25) is 0 Å². The second-order valence-corrected chi connectivity index (χ2v) is 8.95. The lowest BCUT2D eigenvalue weighted by Gasteiger charge is -2.60. The van der Waals surface area contributed by atoms with Crippen molar-refractivity contribution in [3.8, 4) is 0 Å². The molecule has 2 aliphatic carbocycles. The lowest BCUT2D eigenvalue weighted by Crippen LogP contribution is -2.57. The van der Waals surface area contributed by atoms with Gasteiger partial charge in [-0.25, -0.2) is 4.79 Å². The Balaban J connectivity index is 1.89. The molecule has 0 bridgehead atoms. The van der Waals surface area contributed by atoms with E-state index in [2.05, 4.69) is 33.8 Å². The topological polar surface area (TPSA) is 52.6 Å². The smallest absolute Gasteiger partial charge is 0.331 e. The van der Waals surface area contributed by atoms with Gasteiger partial charge in [-0.1, -0.05) is 32.4 Å². The zero-order valence-corrected chi connectivity index (χ0v) is 16.8. The second kappa shape index (κ2) is 6.86. The highest BCUT2D eigenvalue weighted by Gasteiger charge is 2.58. The Kier molecular flexibility index (Phi) is 5.06. The van der Waals surface area contributed by atoms with E-state index < -0.39 is 0 Å². The molecule has 0 aromatic carbocycles. The summed E-state index contributed by atoms with van der Waals surface area (Å²) in [5.74, 6) is 0.523. The number of carbonyl (C=O) groups excluding carboxylic acids is 2. The van der Waals surface area contributed by atoms with E-state index in [0.717, 1.165) is 37.7 Å². The van der Waals surface area contributed by atoms with Crippen molar-refractivity contribution in [2.75, 3.05) is 6.61 Å². The highest BCUT2D eigenvalue weighted by molar-refractivity contribution is 5.85. The number of hydrogen-bond acceptors (Lipinski definition) is 4. The molecule has 0 radical (unpaired) electrons. The van der Waals surface area contributed by atoms with Gasteiger partial charge in [0, 0.05) is 18.4 Å².